The summed E-state index contributed by atoms with van der Waals surface area (Å²) in [4.78, 5) is 37.6. The molecule has 1 saturated heterocycles. The molecule has 1 rings (SSSR count). The number of hydrogen-bond donors (Lipinski definition) is 3. The van der Waals surface area contributed by atoms with Crippen molar-refractivity contribution in [3.8, 4) is 0 Å². The van der Waals surface area contributed by atoms with Crippen LogP contribution in [0.25, 0.3) is 0 Å². The van der Waals surface area contributed by atoms with Crippen LogP contribution in [0.4, 0.5) is 0 Å². The fraction of sp³-hybridized carbons (Fsp3) is 0.833. The molecule has 25 heavy (non-hydrogen) atoms. The second-order valence-electron chi connectivity index (χ2n) is 9.06. The van der Waals surface area contributed by atoms with Gasteiger partial charge in [0.25, 0.3) is 0 Å². The van der Waals surface area contributed by atoms with Crippen LogP contribution in [-0.2, 0) is 14.4 Å². The number of rotatable bonds is 5. The summed E-state index contributed by atoms with van der Waals surface area (Å²) in [5, 5.41) is 19.1. The average molecular weight is 356 g/mol. The van der Waals surface area contributed by atoms with Gasteiger partial charge in [0.05, 0.1) is 0 Å². The number of carbonyl (C=O) groups is 3. The second-order valence-corrected chi connectivity index (χ2v) is 9.06. The van der Waals surface area contributed by atoms with Gasteiger partial charge in [0.1, 0.15) is 11.6 Å². The third kappa shape index (κ3) is 3.81. The van der Waals surface area contributed by atoms with E-state index in [9.17, 15) is 19.5 Å². The second kappa shape index (κ2) is 6.94. The average Bonchev–Trinajstić information content (AvgIpc) is 2.85. The number of amides is 1. The van der Waals surface area contributed by atoms with Crippen LogP contribution in [0.2, 0.25) is 0 Å². The van der Waals surface area contributed by atoms with Crippen LogP contribution in [0.5, 0.6) is 0 Å². The Morgan fingerprint density at radius 3 is 2.04 bits per heavy atom. The maximum atomic E-state index is 12.8. The van der Waals surface area contributed by atoms with Gasteiger partial charge in [-0.25, -0.2) is 4.79 Å². The highest BCUT2D eigenvalue weighted by Gasteiger charge is 2.65. The molecule has 4 N–H and O–H groups in total. The standard InChI is InChI=1S/C18H32N2O5/c1-16(2,3)12-9-10-20(13(21)8-7-11(19)14(22)23)18(12,15(24)25)17(4,5)6/h11-12H,7-10,19H2,1-6H3,(H,22,23)(H,24,25)/t11-,12?,18-/m0/s1. The van der Waals surface area contributed by atoms with E-state index in [1.54, 1.807) is 0 Å². The Labute approximate surface area is 149 Å². The molecule has 0 saturated carbocycles. The van der Waals surface area contributed by atoms with E-state index in [0.717, 1.165) is 0 Å². The number of likely N-dealkylation sites (tertiary alicyclic amines) is 1. The zero-order valence-electron chi connectivity index (χ0n) is 16.1. The van der Waals surface area contributed by atoms with Crippen molar-refractivity contribution in [2.75, 3.05) is 6.54 Å². The summed E-state index contributed by atoms with van der Waals surface area (Å²) in [6.45, 7) is 11.9. The molecule has 0 aromatic rings. The molecule has 1 fully saturated rings. The molecule has 0 bridgehead atoms. The molecule has 1 aliphatic rings. The summed E-state index contributed by atoms with van der Waals surface area (Å²) in [5.41, 5.74) is 3.17. The molecule has 1 aliphatic heterocycles. The van der Waals surface area contributed by atoms with Gasteiger partial charge < -0.3 is 20.8 Å². The van der Waals surface area contributed by atoms with Crippen molar-refractivity contribution in [1.82, 2.24) is 4.90 Å². The van der Waals surface area contributed by atoms with Crippen LogP contribution in [0, 0.1) is 16.7 Å². The Morgan fingerprint density at radius 2 is 1.68 bits per heavy atom. The first-order valence-electron chi connectivity index (χ1n) is 8.69. The zero-order valence-corrected chi connectivity index (χ0v) is 16.1. The van der Waals surface area contributed by atoms with E-state index >= 15 is 0 Å². The van der Waals surface area contributed by atoms with Crippen LogP contribution < -0.4 is 5.73 Å². The van der Waals surface area contributed by atoms with Crippen molar-refractivity contribution < 1.29 is 24.6 Å². The molecule has 0 aliphatic carbocycles. The molecular formula is C18H32N2O5. The minimum Gasteiger partial charge on any atom is -0.480 e. The van der Waals surface area contributed by atoms with Gasteiger partial charge in [-0.3, -0.25) is 9.59 Å². The van der Waals surface area contributed by atoms with Crippen LogP contribution in [0.3, 0.4) is 0 Å². The summed E-state index contributed by atoms with van der Waals surface area (Å²) in [5.74, 6) is -2.73. The molecule has 0 spiro atoms. The molecule has 1 amide bonds. The van der Waals surface area contributed by atoms with E-state index in [-0.39, 0.29) is 30.1 Å². The Morgan fingerprint density at radius 1 is 1.16 bits per heavy atom. The topological polar surface area (TPSA) is 121 Å². The number of carboxylic acid groups (broad SMARTS) is 2. The molecule has 1 unspecified atom stereocenters. The van der Waals surface area contributed by atoms with Gasteiger partial charge >= 0.3 is 11.9 Å². The van der Waals surface area contributed by atoms with E-state index in [4.69, 9.17) is 10.8 Å². The lowest BCUT2D eigenvalue weighted by molar-refractivity contribution is -0.172. The van der Waals surface area contributed by atoms with E-state index in [2.05, 4.69) is 0 Å². The Bertz CT molecular complexity index is 547. The largest absolute Gasteiger partial charge is 0.480 e. The van der Waals surface area contributed by atoms with Crippen LogP contribution in [-0.4, -0.2) is 51.1 Å². The number of hydrogen-bond acceptors (Lipinski definition) is 4. The third-order valence-corrected chi connectivity index (χ3v) is 5.37. The number of nitrogens with zero attached hydrogens (tertiary/aromatic N) is 1. The van der Waals surface area contributed by atoms with Crippen molar-refractivity contribution in [3.05, 3.63) is 0 Å². The number of carbonyl (C=O) groups excluding carboxylic acids is 1. The van der Waals surface area contributed by atoms with Gasteiger partial charge in [-0.1, -0.05) is 41.5 Å². The molecule has 1 heterocycles. The first-order chi connectivity index (χ1) is 11.2. The normalized spacial score (nSPS) is 25.7. The molecule has 144 valence electrons. The van der Waals surface area contributed by atoms with Crippen molar-refractivity contribution in [1.29, 1.82) is 0 Å². The summed E-state index contributed by atoms with van der Waals surface area (Å²) in [6, 6.07) is -1.13. The highest BCUT2D eigenvalue weighted by Crippen LogP contribution is 2.54. The molecule has 3 atom stereocenters. The summed E-state index contributed by atoms with van der Waals surface area (Å²) >= 11 is 0. The van der Waals surface area contributed by atoms with E-state index in [1.165, 1.54) is 4.90 Å². The summed E-state index contributed by atoms with van der Waals surface area (Å²) < 4.78 is 0. The SMILES string of the molecule is CC(C)(C)C1CCN(C(=O)CC[C@H](N)C(=O)O)[C@@]1(C(=O)O)C(C)(C)C. The van der Waals surface area contributed by atoms with Crippen LogP contribution in [0.15, 0.2) is 0 Å². The summed E-state index contributed by atoms with van der Waals surface area (Å²) in [7, 11) is 0. The maximum Gasteiger partial charge on any atom is 0.330 e. The minimum absolute atomic E-state index is 0.00923. The van der Waals surface area contributed by atoms with Crippen molar-refractivity contribution >= 4 is 17.8 Å². The first kappa shape index (κ1) is 21.4. The lowest BCUT2D eigenvalue weighted by Crippen LogP contribution is -2.66. The third-order valence-electron chi connectivity index (χ3n) is 5.37. The molecule has 0 aromatic heterocycles. The molecule has 7 heteroatoms. The van der Waals surface area contributed by atoms with E-state index < -0.39 is 28.9 Å². The number of aliphatic carboxylic acids is 2. The Hall–Kier alpha value is -1.63. The van der Waals surface area contributed by atoms with Gasteiger partial charge in [0.2, 0.25) is 5.91 Å². The van der Waals surface area contributed by atoms with Crippen molar-refractivity contribution in [2.45, 2.75) is 72.4 Å². The molecular weight excluding hydrogens is 324 g/mol. The Balaban J connectivity index is 3.27. The summed E-state index contributed by atoms with van der Waals surface area (Å²) in [6.07, 6.45) is 0.518. The lowest BCUT2D eigenvalue weighted by Gasteiger charge is -2.51. The number of carboxylic acids is 2. The quantitative estimate of drug-likeness (QED) is 0.692. The molecule has 0 radical (unpaired) electrons. The predicted molar refractivity (Wildman–Crippen MR) is 93.9 cm³/mol. The van der Waals surface area contributed by atoms with Gasteiger partial charge in [0, 0.05) is 18.9 Å². The fourth-order valence-corrected chi connectivity index (χ4v) is 4.26. The fourth-order valence-electron chi connectivity index (χ4n) is 4.26. The highest BCUT2D eigenvalue weighted by atomic mass is 16.4. The number of nitrogens with two attached hydrogens (primary N) is 1. The first-order valence-corrected chi connectivity index (χ1v) is 8.69. The van der Waals surface area contributed by atoms with E-state index in [0.29, 0.717) is 13.0 Å². The molecule has 7 nitrogen and oxygen atoms in total. The monoisotopic (exact) mass is 356 g/mol. The van der Waals surface area contributed by atoms with Gasteiger partial charge in [-0.05, 0) is 23.7 Å². The zero-order chi connectivity index (χ0) is 19.8. The predicted octanol–water partition coefficient (Wildman–Crippen LogP) is 1.94. The minimum atomic E-state index is -1.34. The van der Waals surface area contributed by atoms with Crippen LogP contribution >= 0.6 is 0 Å². The smallest absolute Gasteiger partial charge is 0.330 e. The van der Waals surface area contributed by atoms with Crippen molar-refractivity contribution in [3.63, 3.8) is 0 Å². The van der Waals surface area contributed by atoms with Gasteiger partial charge in [-0.2, -0.15) is 0 Å². The van der Waals surface area contributed by atoms with Gasteiger partial charge in [-0.15, -0.1) is 0 Å². The van der Waals surface area contributed by atoms with E-state index in [1.807, 2.05) is 41.5 Å². The van der Waals surface area contributed by atoms with Gasteiger partial charge in [0.15, 0.2) is 0 Å². The maximum absolute atomic E-state index is 12.8. The van der Waals surface area contributed by atoms with Crippen molar-refractivity contribution in [2.24, 2.45) is 22.5 Å². The lowest BCUT2D eigenvalue weighted by atomic mass is 9.59. The van der Waals surface area contributed by atoms with Crippen LogP contribution in [0.1, 0.15) is 60.8 Å². The molecule has 0 aromatic carbocycles. The Kier molecular flexibility index (Phi) is 5.94. The highest BCUT2D eigenvalue weighted by molar-refractivity contribution is 5.89.